The number of fused-ring (bicyclic) bond motifs is 1. The molecule has 2 aromatic rings. The van der Waals surface area contributed by atoms with E-state index in [4.69, 9.17) is 10.2 Å². The maximum atomic E-state index is 5.96. The summed E-state index contributed by atoms with van der Waals surface area (Å²) < 4.78 is 5.96. The first-order valence-corrected chi connectivity index (χ1v) is 7.73. The largest absolute Gasteiger partial charge is 0.460 e. The second-order valence-corrected chi connectivity index (χ2v) is 5.81. The molecule has 0 spiro atoms. The molecule has 1 aliphatic rings. The highest BCUT2D eigenvalue weighted by Gasteiger charge is 2.30. The van der Waals surface area contributed by atoms with Gasteiger partial charge in [0, 0.05) is 11.4 Å². The van der Waals surface area contributed by atoms with Crippen molar-refractivity contribution in [2.24, 2.45) is 11.7 Å². The van der Waals surface area contributed by atoms with Crippen LogP contribution in [0.25, 0.3) is 11.0 Å². The summed E-state index contributed by atoms with van der Waals surface area (Å²) in [6.45, 7) is 4.99. The molecule has 3 nitrogen and oxygen atoms in total. The van der Waals surface area contributed by atoms with Crippen LogP contribution in [0.1, 0.15) is 31.9 Å². The lowest BCUT2D eigenvalue weighted by Gasteiger charge is -2.30. The summed E-state index contributed by atoms with van der Waals surface area (Å²) in [6, 6.07) is 11.0. The van der Waals surface area contributed by atoms with Crippen molar-refractivity contribution in [3.05, 3.63) is 36.1 Å². The van der Waals surface area contributed by atoms with Crippen LogP contribution in [-0.2, 0) is 6.54 Å². The Labute approximate surface area is 120 Å². The lowest BCUT2D eigenvalue weighted by Crippen LogP contribution is -2.39. The molecule has 108 valence electrons. The summed E-state index contributed by atoms with van der Waals surface area (Å²) in [7, 11) is 0. The van der Waals surface area contributed by atoms with Crippen LogP contribution in [-0.4, -0.2) is 24.0 Å². The number of furan rings is 1. The fourth-order valence-corrected chi connectivity index (χ4v) is 3.55. The smallest absolute Gasteiger partial charge is 0.134 e. The normalized spacial score (nSPS) is 22.9. The van der Waals surface area contributed by atoms with Crippen LogP contribution in [0, 0.1) is 5.92 Å². The van der Waals surface area contributed by atoms with Gasteiger partial charge < -0.3 is 10.2 Å². The van der Waals surface area contributed by atoms with E-state index in [9.17, 15) is 0 Å². The highest BCUT2D eigenvalue weighted by Crippen LogP contribution is 2.31. The number of para-hydroxylation sites is 1. The minimum absolute atomic E-state index is 0.623. The summed E-state index contributed by atoms with van der Waals surface area (Å²) in [5.41, 5.74) is 6.91. The van der Waals surface area contributed by atoms with Crippen molar-refractivity contribution < 1.29 is 4.42 Å². The first-order valence-electron chi connectivity index (χ1n) is 7.73. The molecule has 0 bridgehead atoms. The highest BCUT2D eigenvalue weighted by molar-refractivity contribution is 5.77. The average molecular weight is 272 g/mol. The van der Waals surface area contributed by atoms with E-state index in [1.807, 2.05) is 12.1 Å². The van der Waals surface area contributed by atoms with Crippen molar-refractivity contribution >= 4 is 11.0 Å². The number of rotatable bonds is 5. The van der Waals surface area contributed by atoms with E-state index < -0.39 is 0 Å². The molecule has 0 saturated heterocycles. The Bertz CT molecular complexity index is 530. The molecule has 3 heteroatoms. The summed E-state index contributed by atoms with van der Waals surface area (Å²) >= 11 is 0. The summed E-state index contributed by atoms with van der Waals surface area (Å²) in [6.07, 6.45) is 3.86. The van der Waals surface area contributed by atoms with Crippen LogP contribution >= 0.6 is 0 Å². The van der Waals surface area contributed by atoms with Crippen LogP contribution in [0.15, 0.2) is 34.7 Å². The van der Waals surface area contributed by atoms with Crippen LogP contribution in [0.2, 0.25) is 0 Å². The predicted molar refractivity (Wildman–Crippen MR) is 82.5 cm³/mol. The minimum atomic E-state index is 0.623. The highest BCUT2D eigenvalue weighted by atomic mass is 16.3. The summed E-state index contributed by atoms with van der Waals surface area (Å²) in [4.78, 5) is 2.53. The molecule has 0 amide bonds. The number of hydrogen-bond acceptors (Lipinski definition) is 3. The first-order chi connectivity index (χ1) is 9.81. The molecule has 1 aliphatic carbocycles. The quantitative estimate of drug-likeness (QED) is 0.907. The fourth-order valence-electron chi connectivity index (χ4n) is 3.55. The van der Waals surface area contributed by atoms with Gasteiger partial charge in [0.25, 0.3) is 0 Å². The van der Waals surface area contributed by atoms with Gasteiger partial charge in [-0.25, -0.2) is 0 Å². The van der Waals surface area contributed by atoms with Gasteiger partial charge in [-0.1, -0.05) is 31.5 Å². The third-order valence-electron chi connectivity index (χ3n) is 4.63. The van der Waals surface area contributed by atoms with Crippen LogP contribution in [0.4, 0.5) is 0 Å². The summed E-state index contributed by atoms with van der Waals surface area (Å²) in [5, 5.41) is 1.19. The van der Waals surface area contributed by atoms with Gasteiger partial charge in [0.05, 0.1) is 6.54 Å². The van der Waals surface area contributed by atoms with E-state index in [1.54, 1.807) is 0 Å². The number of hydrogen-bond donors (Lipinski definition) is 1. The van der Waals surface area contributed by atoms with Crippen molar-refractivity contribution in [3.63, 3.8) is 0 Å². The zero-order valence-corrected chi connectivity index (χ0v) is 12.2. The lowest BCUT2D eigenvalue weighted by atomic mass is 10.0. The third kappa shape index (κ3) is 2.60. The monoisotopic (exact) mass is 272 g/mol. The number of benzene rings is 1. The molecule has 2 unspecified atom stereocenters. The Balaban J connectivity index is 1.77. The van der Waals surface area contributed by atoms with Crippen molar-refractivity contribution in [2.75, 3.05) is 13.1 Å². The molecule has 3 rings (SSSR count). The van der Waals surface area contributed by atoms with Crippen molar-refractivity contribution in [2.45, 2.75) is 38.8 Å². The van der Waals surface area contributed by atoms with Crippen molar-refractivity contribution in [3.8, 4) is 0 Å². The molecule has 2 N–H and O–H groups in total. The molecular formula is C17H24N2O. The molecule has 2 atom stereocenters. The molecule has 20 heavy (non-hydrogen) atoms. The third-order valence-corrected chi connectivity index (χ3v) is 4.63. The zero-order valence-electron chi connectivity index (χ0n) is 12.2. The van der Waals surface area contributed by atoms with E-state index in [0.717, 1.165) is 31.0 Å². The van der Waals surface area contributed by atoms with E-state index in [1.165, 1.54) is 24.6 Å². The Morgan fingerprint density at radius 1 is 1.30 bits per heavy atom. The first kappa shape index (κ1) is 13.7. The van der Waals surface area contributed by atoms with Gasteiger partial charge >= 0.3 is 0 Å². The Morgan fingerprint density at radius 3 is 2.90 bits per heavy atom. The Hall–Kier alpha value is -1.32. The van der Waals surface area contributed by atoms with Crippen LogP contribution in [0.3, 0.4) is 0 Å². The maximum Gasteiger partial charge on any atom is 0.134 e. The molecule has 1 aromatic heterocycles. The fraction of sp³-hybridized carbons (Fsp3) is 0.529. The standard InChI is InChI=1S/C17H24N2O/c1-2-19(16-8-5-7-14(16)11-18)12-15-10-13-6-3-4-9-17(13)20-15/h3-4,6,9-10,14,16H,2,5,7-8,11-12,18H2,1H3. The second-order valence-electron chi connectivity index (χ2n) is 5.81. The van der Waals surface area contributed by atoms with Crippen LogP contribution < -0.4 is 5.73 Å². The van der Waals surface area contributed by atoms with Gasteiger partial charge in [-0.05, 0) is 44.0 Å². The van der Waals surface area contributed by atoms with E-state index >= 15 is 0 Å². The maximum absolute atomic E-state index is 5.96. The van der Waals surface area contributed by atoms with Gasteiger partial charge in [0.15, 0.2) is 0 Å². The lowest BCUT2D eigenvalue weighted by molar-refractivity contribution is 0.152. The summed E-state index contributed by atoms with van der Waals surface area (Å²) in [5.74, 6) is 1.72. The van der Waals surface area contributed by atoms with Crippen LogP contribution in [0.5, 0.6) is 0 Å². The van der Waals surface area contributed by atoms with Crippen molar-refractivity contribution in [1.82, 2.24) is 4.90 Å². The minimum Gasteiger partial charge on any atom is -0.460 e. The Kier molecular flexibility index (Phi) is 4.08. The van der Waals surface area contributed by atoms with Gasteiger partial charge in [-0.15, -0.1) is 0 Å². The second kappa shape index (κ2) is 5.98. The topological polar surface area (TPSA) is 42.4 Å². The van der Waals surface area contributed by atoms with E-state index in [2.05, 4.69) is 30.0 Å². The molecular weight excluding hydrogens is 248 g/mol. The Morgan fingerprint density at radius 2 is 2.15 bits per heavy atom. The van der Waals surface area contributed by atoms with Crippen molar-refractivity contribution in [1.29, 1.82) is 0 Å². The average Bonchev–Trinajstić information content (AvgIpc) is 3.10. The predicted octanol–water partition coefficient (Wildman–Crippen LogP) is 3.38. The van der Waals surface area contributed by atoms with E-state index in [-0.39, 0.29) is 0 Å². The zero-order chi connectivity index (χ0) is 13.9. The van der Waals surface area contributed by atoms with Gasteiger partial charge in [-0.2, -0.15) is 0 Å². The number of nitrogens with two attached hydrogens (primary N) is 1. The number of nitrogens with zero attached hydrogens (tertiary/aromatic N) is 1. The SMILES string of the molecule is CCN(Cc1cc2ccccc2o1)C1CCCC1CN. The van der Waals surface area contributed by atoms with Gasteiger partial charge in [0.2, 0.25) is 0 Å². The van der Waals surface area contributed by atoms with Gasteiger partial charge in [-0.3, -0.25) is 4.90 Å². The molecule has 1 aromatic carbocycles. The van der Waals surface area contributed by atoms with E-state index in [0.29, 0.717) is 12.0 Å². The molecule has 1 saturated carbocycles. The van der Waals surface area contributed by atoms with Gasteiger partial charge in [0.1, 0.15) is 11.3 Å². The molecule has 0 radical (unpaired) electrons. The molecule has 1 heterocycles. The molecule has 0 aliphatic heterocycles. The molecule has 1 fully saturated rings.